The van der Waals surface area contributed by atoms with E-state index in [-0.39, 0.29) is 11.3 Å². The fourth-order valence-electron chi connectivity index (χ4n) is 2.18. The van der Waals surface area contributed by atoms with Crippen molar-refractivity contribution in [3.05, 3.63) is 53.7 Å². The Kier molecular flexibility index (Phi) is 3.89. The fraction of sp³-hybridized carbons (Fsp3) is 0.353. The largest absolute Gasteiger partial charge is 0.256 e. The molecule has 0 saturated heterocycles. The third-order valence-corrected chi connectivity index (χ3v) is 3.77. The zero-order valence-electron chi connectivity index (χ0n) is 12.2. The first-order valence-electron chi connectivity index (χ1n) is 6.71. The fourth-order valence-corrected chi connectivity index (χ4v) is 2.18. The van der Waals surface area contributed by atoms with Gasteiger partial charge in [-0.1, -0.05) is 33.8 Å². The molecule has 3 heteroatoms. The molecule has 106 valence electrons. The van der Waals surface area contributed by atoms with E-state index >= 15 is 0 Å². The molecule has 0 radical (unpaired) electrons. The van der Waals surface area contributed by atoms with Gasteiger partial charge in [-0.2, -0.15) is 0 Å². The second-order valence-electron chi connectivity index (χ2n) is 6.15. The molecule has 0 N–H and O–H groups in total. The van der Waals surface area contributed by atoms with Crippen LogP contribution in [0.2, 0.25) is 0 Å². The summed E-state index contributed by atoms with van der Waals surface area (Å²) in [5.41, 5.74) is 1.50. The number of aromatic nitrogens is 1. The molecule has 0 amide bonds. The molecule has 0 aliphatic carbocycles. The Bertz CT molecular complexity index is 600. The first kappa shape index (κ1) is 14.6. The van der Waals surface area contributed by atoms with Gasteiger partial charge in [0.25, 0.3) is 0 Å². The highest BCUT2D eigenvalue weighted by atomic mass is 19.1. The number of hydrogen-bond acceptors (Lipinski definition) is 1. The van der Waals surface area contributed by atoms with Crippen molar-refractivity contribution in [3.63, 3.8) is 0 Å². The Morgan fingerprint density at radius 2 is 1.80 bits per heavy atom. The van der Waals surface area contributed by atoms with Crippen LogP contribution in [0.3, 0.4) is 0 Å². The molecule has 0 saturated carbocycles. The average Bonchev–Trinajstić information content (AvgIpc) is 2.36. The highest BCUT2D eigenvalue weighted by Crippen LogP contribution is 2.40. The number of hydrogen-bond donors (Lipinski definition) is 0. The van der Waals surface area contributed by atoms with E-state index < -0.39 is 11.6 Å². The molecule has 20 heavy (non-hydrogen) atoms. The lowest BCUT2D eigenvalue weighted by molar-refractivity contribution is 0.338. The Morgan fingerprint density at radius 3 is 2.35 bits per heavy atom. The SMILES string of the molecule is CC(c1cc(F)cc(F)c1-c1ccccn1)C(C)(C)C. The minimum absolute atomic E-state index is 0.00436. The Morgan fingerprint density at radius 1 is 1.10 bits per heavy atom. The maximum absolute atomic E-state index is 14.3. The topological polar surface area (TPSA) is 12.9 Å². The van der Waals surface area contributed by atoms with Gasteiger partial charge < -0.3 is 0 Å². The van der Waals surface area contributed by atoms with E-state index in [9.17, 15) is 8.78 Å². The van der Waals surface area contributed by atoms with Gasteiger partial charge in [0.05, 0.1) is 5.69 Å². The monoisotopic (exact) mass is 275 g/mol. The lowest BCUT2D eigenvalue weighted by Gasteiger charge is -2.29. The van der Waals surface area contributed by atoms with Crippen LogP contribution < -0.4 is 0 Å². The molecule has 2 aromatic rings. The van der Waals surface area contributed by atoms with Crippen molar-refractivity contribution in [2.45, 2.75) is 33.6 Å². The van der Waals surface area contributed by atoms with Gasteiger partial charge in [0.15, 0.2) is 0 Å². The molecule has 1 atom stereocenters. The minimum atomic E-state index is -0.560. The van der Waals surface area contributed by atoms with Crippen molar-refractivity contribution in [3.8, 4) is 11.3 Å². The summed E-state index contributed by atoms with van der Waals surface area (Å²) >= 11 is 0. The van der Waals surface area contributed by atoms with E-state index in [1.165, 1.54) is 6.07 Å². The lowest BCUT2D eigenvalue weighted by atomic mass is 9.76. The zero-order valence-corrected chi connectivity index (χ0v) is 12.2. The van der Waals surface area contributed by atoms with Gasteiger partial charge in [-0.05, 0) is 35.1 Å². The van der Waals surface area contributed by atoms with Crippen LogP contribution in [0.25, 0.3) is 11.3 Å². The summed E-state index contributed by atoms with van der Waals surface area (Å²) in [4.78, 5) is 4.20. The van der Waals surface area contributed by atoms with Crippen molar-refractivity contribution in [2.75, 3.05) is 0 Å². The second-order valence-corrected chi connectivity index (χ2v) is 6.15. The zero-order chi connectivity index (χ0) is 14.9. The third kappa shape index (κ3) is 2.87. The van der Waals surface area contributed by atoms with Gasteiger partial charge in [-0.15, -0.1) is 0 Å². The van der Waals surface area contributed by atoms with Gasteiger partial charge in [0, 0.05) is 17.8 Å². The summed E-state index contributed by atoms with van der Waals surface area (Å²) in [6, 6.07) is 7.66. The maximum Gasteiger partial charge on any atom is 0.135 e. The van der Waals surface area contributed by atoms with Gasteiger partial charge in [0.1, 0.15) is 11.6 Å². The van der Waals surface area contributed by atoms with Crippen molar-refractivity contribution in [1.29, 1.82) is 0 Å². The van der Waals surface area contributed by atoms with Crippen LogP contribution in [0.15, 0.2) is 36.5 Å². The van der Waals surface area contributed by atoms with E-state index in [0.717, 1.165) is 6.07 Å². The van der Waals surface area contributed by atoms with Gasteiger partial charge in [0.2, 0.25) is 0 Å². The van der Waals surface area contributed by atoms with E-state index in [4.69, 9.17) is 0 Å². The lowest BCUT2D eigenvalue weighted by Crippen LogP contribution is -2.17. The van der Waals surface area contributed by atoms with Crippen molar-refractivity contribution < 1.29 is 8.78 Å². The standard InChI is InChI=1S/C17H19F2N/c1-11(17(2,3)4)13-9-12(18)10-14(19)16(13)15-7-5-6-8-20-15/h5-11H,1-4H3. The highest BCUT2D eigenvalue weighted by molar-refractivity contribution is 5.65. The second kappa shape index (κ2) is 5.31. The number of nitrogens with zero attached hydrogens (tertiary/aromatic N) is 1. The van der Waals surface area contributed by atoms with Crippen LogP contribution in [-0.4, -0.2) is 4.98 Å². The summed E-state index contributed by atoms with van der Waals surface area (Å²) in [6.45, 7) is 8.16. The number of benzene rings is 1. The molecule has 1 unspecified atom stereocenters. The molecule has 1 heterocycles. The minimum Gasteiger partial charge on any atom is -0.256 e. The molecule has 2 rings (SSSR count). The summed E-state index contributed by atoms with van der Waals surface area (Å²) in [7, 11) is 0. The van der Waals surface area contributed by atoms with E-state index in [0.29, 0.717) is 16.8 Å². The smallest absolute Gasteiger partial charge is 0.135 e. The van der Waals surface area contributed by atoms with E-state index in [1.807, 2.05) is 6.92 Å². The average molecular weight is 275 g/mol. The predicted octanol–water partition coefficient (Wildman–Crippen LogP) is 5.18. The van der Waals surface area contributed by atoms with Gasteiger partial charge >= 0.3 is 0 Å². The molecule has 1 aromatic heterocycles. The number of pyridine rings is 1. The molecular formula is C17H19F2N. The molecule has 0 aliphatic heterocycles. The normalized spacial score (nSPS) is 13.3. The summed E-state index contributed by atoms with van der Waals surface area (Å²) in [5, 5.41) is 0. The number of halogens is 2. The first-order valence-corrected chi connectivity index (χ1v) is 6.71. The van der Waals surface area contributed by atoms with Crippen LogP contribution in [0.4, 0.5) is 8.78 Å². The van der Waals surface area contributed by atoms with E-state index in [2.05, 4.69) is 25.8 Å². The summed E-state index contributed by atoms with van der Waals surface area (Å²) in [5.74, 6) is -1.10. The molecule has 0 aliphatic rings. The summed E-state index contributed by atoms with van der Waals surface area (Å²) < 4.78 is 27.9. The van der Waals surface area contributed by atoms with Crippen LogP contribution >= 0.6 is 0 Å². The van der Waals surface area contributed by atoms with Crippen LogP contribution in [-0.2, 0) is 0 Å². The number of rotatable bonds is 2. The highest BCUT2D eigenvalue weighted by Gasteiger charge is 2.27. The quantitative estimate of drug-likeness (QED) is 0.736. The first-order chi connectivity index (χ1) is 9.30. The Labute approximate surface area is 118 Å². The van der Waals surface area contributed by atoms with Crippen LogP contribution in [0.1, 0.15) is 39.2 Å². The molecule has 1 nitrogen and oxygen atoms in total. The van der Waals surface area contributed by atoms with Gasteiger partial charge in [-0.25, -0.2) is 8.78 Å². The van der Waals surface area contributed by atoms with Crippen LogP contribution in [0, 0.1) is 17.0 Å². The van der Waals surface area contributed by atoms with Crippen molar-refractivity contribution in [1.82, 2.24) is 4.98 Å². The molecule has 0 spiro atoms. The summed E-state index contributed by atoms with van der Waals surface area (Å²) in [6.07, 6.45) is 1.61. The predicted molar refractivity (Wildman–Crippen MR) is 77.5 cm³/mol. The Balaban J connectivity index is 2.68. The van der Waals surface area contributed by atoms with Gasteiger partial charge in [-0.3, -0.25) is 4.98 Å². The molecular weight excluding hydrogens is 256 g/mol. The maximum atomic E-state index is 14.3. The van der Waals surface area contributed by atoms with E-state index in [1.54, 1.807) is 24.4 Å². The Hall–Kier alpha value is -1.77. The molecule has 1 aromatic carbocycles. The molecule has 0 fully saturated rings. The van der Waals surface area contributed by atoms with Crippen molar-refractivity contribution in [2.24, 2.45) is 5.41 Å². The van der Waals surface area contributed by atoms with Crippen LogP contribution in [0.5, 0.6) is 0 Å². The third-order valence-electron chi connectivity index (χ3n) is 3.77. The molecule has 0 bridgehead atoms. The van der Waals surface area contributed by atoms with Crippen molar-refractivity contribution >= 4 is 0 Å².